The Morgan fingerprint density at radius 2 is 2.04 bits per heavy atom. The fourth-order valence-corrected chi connectivity index (χ4v) is 3.33. The van der Waals surface area contributed by atoms with Crippen molar-refractivity contribution in [2.45, 2.75) is 39.7 Å². The van der Waals surface area contributed by atoms with E-state index in [1.807, 2.05) is 32.9 Å². The van der Waals surface area contributed by atoms with E-state index in [0.717, 1.165) is 41.6 Å². The number of carbonyl (C=O) groups is 1. The van der Waals surface area contributed by atoms with Gasteiger partial charge in [-0.05, 0) is 39.3 Å². The number of furan rings is 1. The molecule has 142 valence electrons. The summed E-state index contributed by atoms with van der Waals surface area (Å²) in [5.41, 5.74) is 1.87. The Bertz CT molecular complexity index is 711. The summed E-state index contributed by atoms with van der Waals surface area (Å²) in [6, 6.07) is 3.98. The summed E-state index contributed by atoms with van der Waals surface area (Å²) in [7, 11) is 0. The van der Waals surface area contributed by atoms with E-state index in [2.05, 4.69) is 15.4 Å². The quantitative estimate of drug-likeness (QED) is 0.815. The highest BCUT2D eigenvalue weighted by atomic mass is 16.5. The summed E-state index contributed by atoms with van der Waals surface area (Å²) in [5, 5.41) is 6.99. The molecule has 1 aliphatic rings. The van der Waals surface area contributed by atoms with Gasteiger partial charge in [0, 0.05) is 31.6 Å². The van der Waals surface area contributed by atoms with Gasteiger partial charge in [-0.25, -0.2) is 0 Å². The van der Waals surface area contributed by atoms with E-state index in [1.165, 1.54) is 0 Å². The first-order valence-electron chi connectivity index (χ1n) is 9.11. The summed E-state index contributed by atoms with van der Waals surface area (Å²) < 4.78 is 16.4. The van der Waals surface area contributed by atoms with Gasteiger partial charge in [0.15, 0.2) is 0 Å². The molecule has 26 heavy (non-hydrogen) atoms. The normalized spacial score (nSPS) is 16.6. The molecule has 2 aromatic heterocycles. The number of nitrogens with zero attached hydrogens (tertiary/aromatic N) is 2. The van der Waals surface area contributed by atoms with Crippen LogP contribution in [0.3, 0.4) is 0 Å². The second-order valence-electron chi connectivity index (χ2n) is 6.72. The van der Waals surface area contributed by atoms with Gasteiger partial charge >= 0.3 is 0 Å². The third-order valence-electron chi connectivity index (χ3n) is 4.85. The molecule has 7 heteroatoms. The lowest BCUT2D eigenvalue weighted by Crippen LogP contribution is -2.43. The average molecular weight is 361 g/mol. The molecule has 1 N–H and O–H groups in total. The highest BCUT2D eigenvalue weighted by Gasteiger charge is 2.25. The molecule has 2 aromatic rings. The van der Waals surface area contributed by atoms with E-state index in [-0.39, 0.29) is 11.9 Å². The van der Waals surface area contributed by atoms with Crippen molar-refractivity contribution in [1.82, 2.24) is 15.4 Å². The van der Waals surface area contributed by atoms with Crippen LogP contribution in [0.15, 0.2) is 21.1 Å². The van der Waals surface area contributed by atoms with Crippen LogP contribution in [0.1, 0.15) is 41.0 Å². The minimum atomic E-state index is 0.0199. The van der Waals surface area contributed by atoms with E-state index in [0.29, 0.717) is 32.6 Å². The maximum atomic E-state index is 12.3. The van der Waals surface area contributed by atoms with Crippen molar-refractivity contribution in [3.63, 3.8) is 0 Å². The minimum Gasteiger partial charge on any atom is -0.465 e. The van der Waals surface area contributed by atoms with Crippen LogP contribution in [-0.2, 0) is 16.0 Å². The zero-order valence-electron chi connectivity index (χ0n) is 15.7. The predicted octanol–water partition coefficient (Wildman–Crippen LogP) is 2.32. The van der Waals surface area contributed by atoms with Gasteiger partial charge in [-0.1, -0.05) is 5.16 Å². The molecule has 1 fully saturated rings. The number of ether oxygens (including phenoxy) is 1. The first-order chi connectivity index (χ1) is 12.5. The van der Waals surface area contributed by atoms with Crippen molar-refractivity contribution in [2.24, 2.45) is 0 Å². The Morgan fingerprint density at radius 1 is 1.27 bits per heavy atom. The molecule has 0 aromatic carbocycles. The molecule has 1 unspecified atom stereocenters. The predicted molar refractivity (Wildman–Crippen MR) is 95.9 cm³/mol. The van der Waals surface area contributed by atoms with Crippen molar-refractivity contribution >= 4 is 5.91 Å². The molecule has 1 saturated heterocycles. The Kier molecular flexibility index (Phi) is 6.11. The lowest BCUT2D eigenvalue weighted by Gasteiger charge is -2.33. The number of nitrogens with one attached hydrogen (secondary N) is 1. The summed E-state index contributed by atoms with van der Waals surface area (Å²) in [6.07, 6.45) is 1.05. The number of hydrogen-bond donors (Lipinski definition) is 1. The average Bonchev–Trinajstić information content (AvgIpc) is 3.20. The van der Waals surface area contributed by atoms with Crippen LogP contribution >= 0.6 is 0 Å². The third-order valence-corrected chi connectivity index (χ3v) is 4.85. The SMILES string of the molecule is Cc1ccc(C(CNC(=O)CCc2c(C)noc2C)N2CCOCC2)o1. The zero-order chi connectivity index (χ0) is 18.5. The van der Waals surface area contributed by atoms with E-state index >= 15 is 0 Å². The van der Waals surface area contributed by atoms with Crippen molar-refractivity contribution in [2.75, 3.05) is 32.8 Å². The number of carbonyl (C=O) groups excluding carboxylic acids is 1. The smallest absolute Gasteiger partial charge is 0.220 e. The molecule has 0 saturated carbocycles. The van der Waals surface area contributed by atoms with Gasteiger partial charge < -0.3 is 19.0 Å². The van der Waals surface area contributed by atoms with Gasteiger partial charge in [0.2, 0.25) is 5.91 Å². The first kappa shape index (κ1) is 18.7. The van der Waals surface area contributed by atoms with Crippen molar-refractivity contribution in [3.05, 3.63) is 40.7 Å². The van der Waals surface area contributed by atoms with Crippen LogP contribution < -0.4 is 5.32 Å². The maximum absolute atomic E-state index is 12.3. The largest absolute Gasteiger partial charge is 0.465 e. The fraction of sp³-hybridized carbons (Fsp3) is 0.579. The Morgan fingerprint density at radius 3 is 2.65 bits per heavy atom. The van der Waals surface area contributed by atoms with Crippen LogP contribution in [0.5, 0.6) is 0 Å². The molecular formula is C19H27N3O4. The Balaban J connectivity index is 1.57. The number of aromatic nitrogens is 1. The van der Waals surface area contributed by atoms with Crippen LogP contribution in [0.4, 0.5) is 0 Å². The van der Waals surface area contributed by atoms with Gasteiger partial charge in [-0.2, -0.15) is 0 Å². The van der Waals surface area contributed by atoms with Crippen molar-refractivity contribution in [1.29, 1.82) is 0 Å². The lowest BCUT2D eigenvalue weighted by molar-refractivity contribution is -0.121. The maximum Gasteiger partial charge on any atom is 0.220 e. The fourth-order valence-electron chi connectivity index (χ4n) is 3.33. The molecular weight excluding hydrogens is 334 g/mol. The Labute approximate surface area is 153 Å². The molecule has 3 rings (SSSR count). The minimum absolute atomic E-state index is 0.0199. The van der Waals surface area contributed by atoms with Crippen LogP contribution in [0.2, 0.25) is 0 Å². The number of amides is 1. The van der Waals surface area contributed by atoms with Crippen molar-refractivity contribution in [3.8, 4) is 0 Å². The highest BCUT2D eigenvalue weighted by Crippen LogP contribution is 2.23. The molecule has 3 heterocycles. The van der Waals surface area contributed by atoms with Gasteiger partial charge in [-0.15, -0.1) is 0 Å². The van der Waals surface area contributed by atoms with Crippen LogP contribution in [0.25, 0.3) is 0 Å². The summed E-state index contributed by atoms with van der Waals surface area (Å²) >= 11 is 0. The lowest BCUT2D eigenvalue weighted by atomic mass is 10.1. The van der Waals surface area contributed by atoms with E-state index in [9.17, 15) is 4.79 Å². The number of aryl methyl sites for hydroxylation is 3. The first-order valence-corrected chi connectivity index (χ1v) is 9.11. The number of rotatable bonds is 7. The molecule has 1 aliphatic heterocycles. The summed E-state index contributed by atoms with van der Waals surface area (Å²) in [5.74, 6) is 2.57. The standard InChI is InChI=1S/C19H27N3O4/c1-13-4-6-18(25-13)17(22-8-10-24-11-9-22)12-20-19(23)7-5-16-14(2)21-26-15(16)3/h4,6,17H,5,7-12H2,1-3H3,(H,20,23). The number of hydrogen-bond acceptors (Lipinski definition) is 6. The zero-order valence-corrected chi connectivity index (χ0v) is 15.7. The molecule has 0 bridgehead atoms. The van der Waals surface area contributed by atoms with Crippen molar-refractivity contribution < 1.29 is 18.5 Å². The van der Waals surface area contributed by atoms with Gasteiger partial charge in [-0.3, -0.25) is 9.69 Å². The molecule has 7 nitrogen and oxygen atoms in total. The van der Waals surface area contributed by atoms with Gasteiger partial charge in [0.05, 0.1) is 24.9 Å². The third kappa shape index (κ3) is 4.53. The number of morpholine rings is 1. The van der Waals surface area contributed by atoms with E-state index in [4.69, 9.17) is 13.7 Å². The Hall–Kier alpha value is -2.12. The molecule has 0 radical (unpaired) electrons. The van der Waals surface area contributed by atoms with Gasteiger partial charge in [0.1, 0.15) is 17.3 Å². The topological polar surface area (TPSA) is 80.7 Å². The summed E-state index contributed by atoms with van der Waals surface area (Å²) in [6.45, 7) is 9.30. The molecule has 1 amide bonds. The van der Waals surface area contributed by atoms with E-state index in [1.54, 1.807) is 0 Å². The molecule has 0 spiro atoms. The highest BCUT2D eigenvalue weighted by molar-refractivity contribution is 5.76. The van der Waals surface area contributed by atoms with Gasteiger partial charge in [0.25, 0.3) is 0 Å². The van der Waals surface area contributed by atoms with Crippen LogP contribution in [-0.4, -0.2) is 48.8 Å². The summed E-state index contributed by atoms with van der Waals surface area (Å²) in [4.78, 5) is 14.7. The molecule has 0 aliphatic carbocycles. The second-order valence-corrected chi connectivity index (χ2v) is 6.72. The second kappa shape index (κ2) is 8.51. The monoisotopic (exact) mass is 361 g/mol. The van der Waals surface area contributed by atoms with E-state index < -0.39 is 0 Å². The van der Waals surface area contributed by atoms with Crippen LogP contribution in [0, 0.1) is 20.8 Å². The molecule has 1 atom stereocenters.